The second-order valence-corrected chi connectivity index (χ2v) is 11.1. The highest BCUT2D eigenvalue weighted by Crippen LogP contribution is 2.45. The maximum atomic E-state index is 4.82. The topological polar surface area (TPSA) is 40.1 Å². The Morgan fingerprint density at radius 2 is 1.07 bits per heavy atom. The van der Waals surface area contributed by atoms with Crippen LogP contribution < -0.4 is 0 Å². The molecule has 5 nitrogen and oxygen atoms in total. The van der Waals surface area contributed by atoms with Crippen LogP contribution in [0.2, 0.25) is 0 Å². The van der Waals surface area contributed by atoms with Gasteiger partial charge >= 0.3 is 0 Å². The van der Waals surface area contributed by atoms with Gasteiger partial charge in [0.15, 0.2) is 0 Å². The largest absolute Gasteiger partial charge is 0.307 e. The zero-order chi connectivity index (χ0) is 28.1. The number of nitrogens with zero attached hydrogens (tertiary/aromatic N) is 5. The first kappa shape index (κ1) is 22.7. The van der Waals surface area contributed by atoms with Gasteiger partial charge in [-0.1, -0.05) is 72.8 Å². The Morgan fingerprint density at radius 3 is 1.86 bits per heavy atom. The molecule has 5 heteroatoms. The molecule has 0 atom stereocenters. The van der Waals surface area contributed by atoms with Gasteiger partial charge in [-0.25, -0.2) is 4.98 Å². The fourth-order valence-electron chi connectivity index (χ4n) is 7.26. The number of aromatic nitrogens is 5. The molecule has 43 heavy (non-hydrogen) atoms. The molecule has 0 aliphatic rings. The van der Waals surface area contributed by atoms with Crippen LogP contribution in [-0.4, -0.2) is 23.5 Å². The number of hydrogen-bond acceptors (Lipinski definition) is 2. The molecule has 5 aromatic carbocycles. The van der Waals surface area contributed by atoms with E-state index in [0.29, 0.717) is 0 Å². The minimum atomic E-state index is 0.948. The Kier molecular flexibility index (Phi) is 4.39. The summed E-state index contributed by atoms with van der Waals surface area (Å²) in [5, 5.41) is 8.28. The van der Waals surface area contributed by atoms with Crippen LogP contribution in [0.5, 0.6) is 0 Å². The smallest absolute Gasteiger partial charge is 0.145 e. The molecule has 0 unspecified atom stereocenters. The second-order valence-electron chi connectivity index (χ2n) is 11.1. The first-order valence-electron chi connectivity index (χ1n) is 14.5. The highest BCUT2D eigenvalue weighted by atomic mass is 15.0. The number of rotatable bonds is 2. The summed E-state index contributed by atoms with van der Waals surface area (Å²) in [6.07, 6.45) is 7.78. The zero-order valence-corrected chi connectivity index (χ0v) is 23.0. The summed E-state index contributed by atoms with van der Waals surface area (Å²) in [5.41, 5.74) is 9.05. The van der Waals surface area contributed by atoms with Crippen molar-refractivity contribution in [1.29, 1.82) is 0 Å². The van der Waals surface area contributed by atoms with E-state index in [1.54, 1.807) is 0 Å². The van der Waals surface area contributed by atoms with Gasteiger partial charge in [-0.2, -0.15) is 0 Å². The van der Waals surface area contributed by atoms with Crippen molar-refractivity contribution in [3.8, 4) is 11.4 Å². The molecule has 0 spiro atoms. The van der Waals surface area contributed by atoms with Crippen LogP contribution >= 0.6 is 0 Å². The highest BCUT2D eigenvalue weighted by molar-refractivity contribution is 6.31. The lowest BCUT2D eigenvalue weighted by molar-refractivity contribution is 1.15. The van der Waals surface area contributed by atoms with E-state index in [-0.39, 0.29) is 0 Å². The number of pyridine rings is 2. The number of hydrogen-bond donors (Lipinski definition) is 0. The van der Waals surface area contributed by atoms with Crippen molar-refractivity contribution in [2.75, 3.05) is 0 Å². The Bertz CT molecular complexity index is 2710. The molecular weight excluding hydrogens is 526 g/mol. The van der Waals surface area contributed by atoms with Gasteiger partial charge in [-0.15, -0.1) is 0 Å². The third-order valence-corrected chi connectivity index (χ3v) is 8.96. The Hall–Kier alpha value is -5.94. The average molecular weight is 550 g/mol. The van der Waals surface area contributed by atoms with E-state index in [4.69, 9.17) is 4.98 Å². The van der Waals surface area contributed by atoms with E-state index in [2.05, 4.69) is 134 Å². The van der Waals surface area contributed by atoms with Crippen LogP contribution in [0.3, 0.4) is 0 Å². The van der Waals surface area contributed by atoms with Gasteiger partial charge in [0, 0.05) is 73.9 Å². The first-order valence-corrected chi connectivity index (χ1v) is 14.5. The number of benzene rings is 5. The van der Waals surface area contributed by atoms with Crippen LogP contribution in [0.4, 0.5) is 0 Å². The molecule has 0 aliphatic heterocycles. The lowest BCUT2D eigenvalue weighted by Gasteiger charge is -2.14. The third-order valence-electron chi connectivity index (χ3n) is 8.96. The first-order chi connectivity index (χ1) is 21.4. The summed E-state index contributed by atoms with van der Waals surface area (Å²) < 4.78 is 7.08. The molecule has 0 fully saturated rings. The molecule has 0 aliphatic carbocycles. The molecule has 0 radical (unpaired) electrons. The molecule has 10 rings (SSSR count). The molecule has 0 saturated heterocycles. The molecule has 200 valence electrons. The molecule has 0 amide bonds. The van der Waals surface area contributed by atoms with Crippen LogP contribution in [0.1, 0.15) is 0 Å². The van der Waals surface area contributed by atoms with E-state index < -0.39 is 0 Å². The quantitative estimate of drug-likeness (QED) is 0.202. The summed E-state index contributed by atoms with van der Waals surface area (Å²) in [6.45, 7) is 0. The lowest BCUT2D eigenvalue weighted by atomic mass is 10.0. The fraction of sp³-hybridized carbons (Fsp3) is 0. The van der Waals surface area contributed by atoms with E-state index in [1.807, 2.05) is 24.8 Å². The lowest BCUT2D eigenvalue weighted by Crippen LogP contribution is -1.99. The second kappa shape index (κ2) is 8.30. The van der Waals surface area contributed by atoms with Crippen molar-refractivity contribution in [3.05, 3.63) is 140 Å². The van der Waals surface area contributed by atoms with Gasteiger partial charge in [-0.05, 0) is 42.5 Å². The maximum absolute atomic E-state index is 4.82. The summed E-state index contributed by atoms with van der Waals surface area (Å²) in [5.74, 6) is 0. The average Bonchev–Trinajstić information content (AvgIpc) is 3.78. The molecule has 10 aromatic rings. The minimum Gasteiger partial charge on any atom is -0.307 e. The monoisotopic (exact) mass is 549 g/mol. The molecular formula is C38H23N5. The van der Waals surface area contributed by atoms with E-state index in [0.717, 1.165) is 38.7 Å². The van der Waals surface area contributed by atoms with E-state index in [9.17, 15) is 0 Å². The van der Waals surface area contributed by atoms with Gasteiger partial charge in [0.1, 0.15) is 5.65 Å². The van der Waals surface area contributed by atoms with E-state index >= 15 is 0 Å². The summed E-state index contributed by atoms with van der Waals surface area (Å²) in [4.78, 5) is 9.42. The van der Waals surface area contributed by atoms with E-state index in [1.165, 1.54) is 43.6 Å². The van der Waals surface area contributed by atoms with Crippen molar-refractivity contribution >= 4 is 70.9 Å². The van der Waals surface area contributed by atoms with Gasteiger partial charge in [0.2, 0.25) is 0 Å². The van der Waals surface area contributed by atoms with Crippen LogP contribution in [0, 0.1) is 0 Å². The van der Waals surface area contributed by atoms with Gasteiger partial charge in [0.25, 0.3) is 0 Å². The van der Waals surface area contributed by atoms with Crippen LogP contribution in [0.15, 0.2) is 140 Å². The summed E-state index contributed by atoms with van der Waals surface area (Å²) in [6, 6.07) is 41.4. The van der Waals surface area contributed by atoms with Crippen molar-refractivity contribution in [3.63, 3.8) is 0 Å². The summed E-state index contributed by atoms with van der Waals surface area (Å²) in [7, 11) is 0. The molecule has 5 aromatic heterocycles. The number of imidazole rings is 1. The predicted octanol–water partition coefficient (Wildman–Crippen LogP) is 9.23. The van der Waals surface area contributed by atoms with Gasteiger partial charge in [-0.3, -0.25) is 9.38 Å². The summed E-state index contributed by atoms with van der Waals surface area (Å²) >= 11 is 0. The number of para-hydroxylation sites is 3. The predicted molar refractivity (Wildman–Crippen MR) is 177 cm³/mol. The SMILES string of the molecule is c1ccc(-n2c3ccccc3c3ccc4c5ccc6c(c7cnccc7n7ccnc67)c5n(-c5ccccc5)c4c32)cc1. The minimum absolute atomic E-state index is 0.948. The molecule has 0 bridgehead atoms. The normalized spacial score (nSPS) is 12.2. The van der Waals surface area contributed by atoms with Crippen molar-refractivity contribution in [2.45, 2.75) is 0 Å². The maximum Gasteiger partial charge on any atom is 0.145 e. The number of fused-ring (bicyclic) bond motifs is 14. The van der Waals surface area contributed by atoms with Gasteiger partial charge < -0.3 is 9.13 Å². The van der Waals surface area contributed by atoms with Crippen molar-refractivity contribution in [2.24, 2.45) is 0 Å². The molecule has 0 N–H and O–H groups in total. The Labute approximate surface area is 245 Å². The van der Waals surface area contributed by atoms with Crippen molar-refractivity contribution in [1.82, 2.24) is 23.5 Å². The highest BCUT2D eigenvalue weighted by Gasteiger charge is 2.23. The van der Waals surface area contributed by atoms with Crippen LogP contribution in [0.25, 0.3) is 82.3 Å². The fourth-order valence-corrected chi connectivity index (χ4v) is 7.26. The van der Waals surface area contributed by atoms with Crippen LogP contribution in [-0.2, 0) is 0 Å². The third kappa shape index (κ3) is 2.90. The van der Waals surface area contributed by atoms with Gasteiger partial charge in [0.05, 0.1) is 27.6 Å². The molecule has 5 heterocycles. The zero-order valence-electron chi connectivity index (χ0n) is 23.0. The Balaban J connectivity index is 1.55. The Morgan fingerprint density at radius 1 is 0.442 bits per heavy atom. The van der Waals surface area contributed by atoms with Crippen molar-refractivity contribution < 1.29 is 0 Å². The molecule has 0 saturated carbocycles. The standard InChI is InChI=1S/C38H23N5/c1-3-9-24(10-4-1)42-33-14-8-7-13-26(33)27-15-16-29-28-17-18-30-34(31-23-39-20-19-32(31)41-22-21-40-38(30)41)35(28)43(37(29)36(27)42)25-11-5-2-6-12-25/h1-23H.